The molecule has 6 nitrogen and oxygen atoms in total. The van der Waals surface area contributed by atoms with E-state index in [2.05, 4.69) is 4.98 Å². The van der Waals surface area contributed by atoms with E-state index >= 15 is 0 Å². The summed E-state index contributed by atoms with van der Waals surface area (Å²) in [5.74, 6) is 0.440. The third-order valence-corrected chi connectivity index (χ3v) is 5.91. The van der Waals surface area contributed by atoms with Gasteiger partial charge in [0.1, 0.15) is 12.9 Å². The number of hydrogen-bond donors (Lipinski definition) is 0. The van der Waals surface area contributed by atoms with Crippen LogP contribution >= 0.6 is 34.8 Å². The molecule has 0 bridgehead atoms. The van der Waals surface area contributed by atoms with Gasteiger partial charge < -0.3 is 9.64 Å². The number of carbonyl (C=O) groups is 2. The highest BCUT2D eigenvalue weighted by molar-refractivity contribution is 6.40. The van der Waals surface area contributed by atoms with Crippen LogP contribution in [0.2, 0.25) is 15.1 Å². The van der Waals surface area contributed by atoms with Crippen molar-refractivity contribution in [2.45, 2.75) is 13.3 Å². The summed E-state index contributed by atoms with van der Waals surface area (Å²) in [4.78, 5) is 29.7. The van der Waals surface area contributed by atoms with Crippen LogP contribution in [-0.2, 0) is 0 Å². The smallest absolute Gasteiger partial charge is 0.329 e. The third-order valence-electron chi connectivity index (χ3n) is 5.13. The summed E-state index contributed by atoms with van der Waals surface area (Å²) >= 11 is 18.0. The van der Waals surface area contributed by atoms with E-state index in [1.54, 1.807) is 29.4 Å². The number of imidazole rings is 1. The molecule has 1 heterocycles. The largest absolute Gasteiger partial charge is 0.489 e. The van der Waals surface area contributed by atoms with Crippen LogP contribution in [0.5, 0.6) is 5.75 Å². The molecule has 0 saturated carbocycles. The monoisotopic (exact) mass is 557 g/mol. The fourth-order valence-electron chi connectivity index (χ4n) is 3.38. The van der Waals surface area contributed by atoms with Crippen molar-refractivity contribution < 1.29 is 14.3 Å². The molecule has 0 N–H and O–H groups in total. The molecule has 4 rings (SSSR count). The van der Waals surface area contributed by atoms with Gasteiger partial charge in [-0.25, -0.2) is 9.78 Å². The highest BCUT2D eigenvalue weighted by Gasteiger charge is 2.15. The van der Waals surface area contributed by atoms with Gasteiger partial charge in [0.15, 0.2) is 11.5 Å². The lowest BCUT2D eigenvalue weighted by Crippen LogP contribution is -2.37. The molecule has 0 fully saturated rings. The van der Waals surface area contributed by atoms with E-state index in [9.17, 15) is 9.59 Å². The first-order chi connectivity index (χ1) is 17.9. The zero-order valence-corrected chi connectivity index (χ0v) is 22.5. The number of benzene rings is 3. The van der Waals surface area contributed by atoms with Gasteiger partial charge in [0.05, 0.1) is 16.6 Å². The van der Waals surface area contributed by atoms with Crippen molar-refractivity contribution >= 4 is 46.6 Å². The van der Waals surface area contributed by atoms with Gasteiger partial charge in [-0.1, -0.05) is 102 Å². The Labute approximate surface area is 231 Å². The van der Waals surface area contributed by atoms with Gasteiger partial charge in [-0.2, -0.15) is 0 Å². The minimum atomic E-state index is -0.152. The lowest BCUT2D eigenvalue weighted by molar-refractivity contribution is 0.103. The molecule has 1 aromatic heterocycles. The molecule has 0 spiro atoms. The van der Waals surface area contributed by atoms with Crippen molar-refractivity contribution in [2.24, 2.45) is 0 Å². The lowest BCUT2D eigenvalue weighted by atomic mass is 10.0. The number of halogens is 3. The summed E-state index contributed by atoms with van der Waals surface area (Å²) in [5.41, 5.74) is 1.47. The number of carbonyl (C=O) groups excluding carboxylic acids is 2. The minimum Gasteiger partial charge on any atom is -0.489 e. The lowest BCUT2D eigenvalue weighted by Gasteiger charge is -2.22. The molecule has 1 amide bonds. The van der Waals surface area contributed by atoms with Crippen molar-refractivity contribution in [3.05, 3.63) is 118 Å². The van der Waals surface area contributed by atoms with Crippen LogP contribution in [0, 0.1) is 0 Å². The average molecular weight is 559 g/mol. The normalized spacial score (nSPS) is 10.3. The first-order valence-electron chi connectivity index (χ1n) is 11.6. The molecule has 3 aromatic carbocycles. The van der Waals surface area contributed by atoms with Gasteiger partial charge in [0.2, 0.25) is 0 Å². The van der Waals surface area contributed by atoms with Gasteiger partial charge in [-0.3, -0.25) is 9.36 Å². The number of hydrogen-bond acceptors (Lipinski definition) is 4. The Morgan fingerprint density at radius 1 is 0.892 bits per heavy atom. The fraction of sp³-hybridized carbons (Fsp3) is 0.179. The summed E-state index contributed by atoms with van der Waals surface area (Å²) in [7, 11) is 0. The summed E-state index contributed by atoms with van der Waals surface area (Å²) in [5, 5.41) is 1.12. The molecule has 0 aliphatic carbocycles. The number of rotatable bonds is 8. The van der Waals surface area contributed by atoms with Crippen LogP contribution in [0.15, 0.2) is 91.5 Å². The van der Waals surface area contributed by atoms with Crippen LogP contribution in [0.3, 0.4) is 0 Å². The molecule has 0 aliphatic heterocycles. The molecule has 0 unspecified atom stereocenters. The van der Waals surface area contributed by atoms with Gasteiger partial charge in [0.25, 0.3) is 0 Å². The predicted molar refractivity (Wildman–Crippen MR) is 148 cm³/mol. The zero-order chi connectivity index (χ0) is 26.6. The quantitative estimate of drug-likeness (QED) is 0.210. The molecule has 4 aromatic rings. The molecular formula is C28H26Cl3N3O3. The van der Waals surface area contributed by atoms with Gasteiger partial charge >= 0.3 is 6.03 Å². The maximum absolute atomic E-state index is 12.3. The summed E-state index contributed by atoms with van der Waals surface area (Å²) < 4.78 is 7.05. The minimum absolute atomic E-state index is 0.0752. The van der Waals surface area contributed by atoms with E-state index in [0.29, 0.717) is 33.9 Å². The van der Waals surface area contributed by atoms with E-state index in [-0.39, 0.29) is 18.4 Å². The van der Waals surface area contributed by atoms with Crippen molar-refractivity contribution in [3.8, 4) is 5.75 Å². The predicted octanol–water partition coefficient (Wildman–Crippen LogP) is 7.52. The maximum Gasteiger partial charge on any atom is 0.329 e. The van der Waals surface area contributed by atoms with E-state index in [1.165, 1.54) is 10.9 Å². The molecule has 37 heavy (non-hydrogen) atoms. The number of ether oxygens (including phenoxy) is 1. The van der Waals surface area contributed by atoms with E-state index < -0.39 is 0 Å². The van der Waals surface area contributed by atoms with Crippen molar-refractivity contribution in [1.29, 1.82) is 0 Å². The molecule has 0 atom stereocenters. The second-order valence-electron chi connectivity index (χ2n) is 7.85. The Morgan fingerprint density at radius 2 is 1.46 bits per heavy atom. The zero-order valence-electron chi connectivity index (χ0n) is 20.2. The van der Waals surface area contributed by atoms with E-state index in [4.69, 9.17) is 39.5 Å². The Bertz CT molecular complexity index is 1220. The highest BCUT2D eigenvalue weighted by atomic mass is 35.5. The Hall–Kier alpha value is -3.32. The van der Waals surface area contributed by atoms with Gasteiger partial charge in [0, 0.05) is 35.1 Å². The third kappa shape index (κ3) is 8.35. The van der Waals surface area contributed by atoms with Crippen LogP contribution in [0.4, 0.5) is 4.79 Å². The van der Waals surface area contributed by atoms with Crippen LogP contribution < -0.4 is 4.74 Å². The molecule has 0 saturated heterocycles. The fourth-order valence-corrected chi connectivity index (χ4v) is 4.31. The molecule has 9 heteroatoms. The number of amides is 1. The maximum atomic E-state index is 12.3. The number of aromatic nitrogens is 2. The van der Waals surface area contributed by atoms with Crippen LogP contribution in [0.1, 0.15) is 29.3 Å². The van der Waals surface area contributed by atoms with Gasteiger partial charge in [-0.05, 0) is 18.6 Å². The second-order valence-corrected chi connectivity index (χ2v) is 9.10. The van der Waals surface area contributed by atoms with E-state index in [0.717, 1.165) is 17.5 Å². The first kappa shape index (κ1) is 28.3. The van der Waals surface area contributed by atoms with Crippen molar-refractivity contribution in [2.75, 3.05) is 19.7 Å². The molecule has 192 valence electrons. The Morgan fingerprint density at radius 3 is 1.95 bits per heavy atom. The SMILES string of the molecule is CCCN(CCOc1c(Cl)cc(Cl)cc1Cl)C(=O)n1ccnc1.O=C(c1ccccc1)c1ccccc1. The van der Waals surface area contributed by atoms with Crippen LogP contribution in [-0.4, -0.2) is 46.0 Å². The first-order valence-corrected chi connectivity index (χ1v) is 12.7. The van der Waals surface area contributed by atoms with Crippen molar-refractivity contribution in [1.82, 2.24) is 14.5 Å². The van der Waals surface area contributed by atoms with E-state index in [1.807, 2.05) is 67.6 Å². The summed E-state index contributed by atoms with van der Waals surface area (Å²) in [6.45, 7) is 3.28. The second kappa shape index (κ2) is 14.4. The number of nitrogens with zero attached hydrogens (tertiary/aromatic N) is 3. The van der Waals surface area contributed by atoms with Gasteiger partial charge in [-0.15, -0.1) is 0 Å². The summed E-state index contributed by atoms with van der Waals surface area (Å²) in [6.07, 6.45) is 5.48. The molecular weight excluding hydrogens is 533 g/mol. The highest BCUT2D eigenvalue weighted by Crippen LogP contribution is 2.35. The average Bonchev–Trinajstić information content (AvgIpc) is 3.45. The summed E-state index contributed by atoms with van der Waals surface area (Å²) in [6, 6.07) is 21.6. The standard InChI is InChI=1S/C15H16Cl3N3O2.C13H10O/c1-2-4-20(15(22)21-5-3-19-10-21)6-7-23-14-12(17)8-11(16)9-13(14)18;14-13(11-7-3-1-4-8-11)12-9-5-2-6-10-12/h3,5,8-10H,2,4,6-7H2,1H3;1-10H. The Balaban J connectivity index is 0.000000231. The number of ketones is 1. The molecule has 0 aliphatic rings. The molecule has 0 radical (unpaired) electrons. The topological polar surface area (TPSA) is 64.4 Å². The Kier molecular flexibility index (Phi) is 11.0. The van der Waals surface area contributed by atoms with Crippen LogP contribution in [0.25, 0.3) is 0 Å². The van der Waals surface area contributed by atoms with Crippen molar-refractivity contribution in [3.63, 3.8) is 0 Å².